The van der Waals surface area contributed by atoms with Crippen molar-refractivity contribution in [3.63, 3.8) is 0 Å². The van der Waals surface area contributed by atoms with E-state index in [0.29, 0.717) is 32.2 Å². The molecule has 0 heterocycles. The number of nitrogens with zero attached hydrogens (tertiary/aromatic N) is 1. The van der Waals surface area contributed by atoms with E-state index in [1.165, 1.54) is 5.48 Å². The monoisotopic (exact) mass is 571 g/mol. The number of hydrogen-bond donors (Lipinski definition) is 9. The predicted octanol–water partition coefficient (Wildman–Crippen LogP) is -1.68. The lowest BCUT2D eigenvalue weighted by molar-refractivity contribution is -0.137. The molecule has 0 fully saturated rings. The molecular weight excluding hydrogens is 522 g/mol. The average molecular weight is 572 g/mol. The van der Waals surface area contributed by atoms with Gasteiger partial charge in [0.05, 0.1) is 0 Å². The third-order valence-corrected chi connectivity index (χ3v) is 6.12. The quantitative estimate of drug-likeness (QED) is 0.0265. The third kappa shape index (κ3) is 15.2. The van der Waals surface area contributed by atoms with Crippen molar-refractivity contribution in [2.24, 2.45) is 45.7 Å². The van der Waals surface area contributed by atoms with E-state index < -0.39 is 53.6 Å². The van der Waals surface area contributed by atoms with Crippen LogP contribution in [0.15, 0.2) is 4.99 Å². The minimum atomic E-state index is -1.08. The highest BCUT2D eigenvalue weighted by Gasteiger charge is 2.32. The molecule has 0 aliphatic carbocycles. The lowest BCUT2D eigenvalue weighted by Gasteiger charge is -2.28. The summed E-state index contributed by atoms with van der Waals surface area (Å²) >= 11 is 0. The van der Waals surface area contributed by atoms with Gasteiger partial charge in [-0.1, -0.05) is 27.7 Å². The molecule has 0 rings (SSSR count). The summed E-state index contributed by atoms with van der Waals surface area (Å²) in [6.45, 7) is 7.82. The Morgan fingerprint density at radius 2 is 1.40 bits per heavy atom. The molecule has 15 heteroatoms. The first-order valence-corrected chi connectivity index (χ1v) is 13.6. The lowest BCUT2D eigenvalue weighted by atomic mass is 9.92. The van der Waals surface area contributed by atoms with Gasteiger partial charge in [-0.2, -0.15) is 0 Å². The fraction of sp³-hybridized carbons (Fsp3) is 0.760. The Kier molecular flexibility index (Phi) is 17.9. The van der Waals surface area contributed by atoms with Gasteiger partial charge in [0.2, 0.25) is 29.5 Å². The van der Waals surface area contributed by atoms with Crippen LogP contribution in [-0.4, -0.2) is 71.9 Å². The number of amides is 5. The molecule has 0 bridgehead atoms. The van der Waals surface area contributed by atoms with Crippen molar-refractivity contribution < 1.29 is 29.2 Å². The summed E-state index contributed by atoms with van der Waals surface area (Å²) in [6.07, 6.45) is 2.05. The largest absolute Gasteiger partial charge is 0.370 e. The Bertz CT molecular complexity index is 862. The van der Waals surface area contributed by atoms with Crippen LogP contribution < -0.4 is 44.4 Å². The van der Waals surface area contributed by atoms with Crippen molar-refractivity contribution in [3.05, 3.63) is 0 Å². The Balaban J connectivity index is 5.76. The van der Waals surface area contributed by atoms with E-state index in [0.717, 1.165) is 0 Å². The highest BCUT2D eigenvalue weighted by atomic mass is 16.5. The molecule has 13 N–H and O–H groups in total. The second kappa shape index (κ2) is 19.6. The second-order valence-electron chi connectivity index (χ2n) is 10.6. The van der Waals surface area contributed by atoms with Crippen molar-refractivity contribution in [1.82, 2.24) is 21.4 Å². The minimum absolute atomic E-state index is 0.0647. The highest BCUT2D eigenvalue weighted by molar-refractivity contribution is 5.94. The number of nitrogens with one attached hydrogen (secondary N) is 4. The Morgan fingerprint density at radius 3 is 1.90 bits per heavy atom. The topological polar surface area (TPSA) is 270 Å². The summed E-state index contributed by atoms with van der Waals surface area (Å²) in [5.74, 6) is -4.44. The number of nitrogens with two attached hydrogens (primary N) is 4. The molecule has 0 radical (unpaired) electrons. The van der Waals surface area contributed by atoms with Crippen LogP contribution >= 0.6 is 0 Å². The fourth-order valence-corrected chi connectivity index (χ4v) is 4.01. The average Bonchev–Trinajstić information content (AvgIpc) is 2.86. The first-order valence-electron chi connectivity index (χ1n) is 13.6. The molecule has 0 unspecified atom stereocenters. The number of rotatable bonds is 20. The number of hydroxylamine groups is 1. The number of primary amides is 1. The van der Waals surface area contributed by atoms with Gasteiger partial charge >= 0.3 is 0 Å². The zero-order valence-corrected chi connectivity index (χ0v) is 24.1. The van der Waals surface area contributed by atoms with Gasteiger partial charge < -0.3 is 38.9 Å². The number of carbonyl (C=O) groups is 5. The van der Waals surface area contributed by atoms with Crippen LogP contribution in [-0.2, 0) is 24.0 Å². The van der Waals surface area contributed by atoms with Gasteiger partial charge in [0.25, 0.3) is 0 Å². The molecule has 5 amide bonds. The van der Waals surface area contributed by atoms with Crippen LogP contribution in [0.3, 0.4) is 0 Å². The van der Waals surface area contributed by atoms with Crippen molar-refractivity contribution in [3.8, 4) is 0 Å². The van der Waals surface area contributed by atoms with Crippen LogP contribution in [0.2, 0.25) is 0 Å². The van der Waals surface area contributed by atoms with E-state index in [9.17, 15) is 24.0 Å². The maximum absolute atomic E-state index is 13.3. The normalized spacial score (nSPS) is 14.0. The highest BCUT2D eigenvalue weighted by Crippen LogP contribution is 2.17. The number of aliphatic imine (C=N–C) groups is 1. The van der Waals surface area contributed by atoms with Gasteiger partial charge in [0.15, 0.2) is 5.96 Å². The smallest absolute Gasteiger partial charge is 0.244 e. The van der Waals surface area contributed by atoms with E-state index in [4.69, 9.17) is 28.1 Å². The number of hydrogen-bond acceptors (Lipinski definition) is 8. The van der Waals surface area contributed by atoms with Gasteiger partial charge in [0, 0.05) is 18.9 Å². The molecule has 0 aliphatic rings. The molecule has 15 nitrogen and oxygen atoms in total. The SMILES string of the molecule is CC(C)C[C@H](CC(=O)NO)C(=O)N[C@H](C(=O)N[C@@H](CCCN=C(N)N)C(=O)N[C@@H](CCCCN)C(N)=O)C(C)C. The van der Waals surface area contributed by atoms with Gasteiger partial charge in [-0.15, -0.1) is 0 Å². The summed E-state index contributed by atoms with van der Waals surface area (Å²) < 4.78 is 0. The van der Waals surface area contributed by atoms with Crippen molar-refractivity contribution in [2.45, 2.75) is 90.8 Å². The molecule has 0 aromatic heterocycles. The van der Waals surface area contributed by atoms with E-state index in [-0.39, 0.29) is 43.6 Å². The molecule has 4 atom stereocenters. The van der Waals surface area contributed by atoms with Crippen LogP contribution in [0, 0.1) is 17.8 Å². The molecule has 0 saturated heterocycles. The minimum Gasteiger partial charge on any atom is -0.370 e. The van der Waals surface area contributed by atoms with E-state index in [2.05, 4.69) is 20.9 Å². The molecule has 40 heavy (non-hydrogen) atoms. The van der Waals surface area contributed by atoms with Gasteiger partial charge in [-0.05, 0) is 56.9 Å². The molecule has 0 aliphatic heterocycles. The van der Waals surface area contributed by atoms with Crippen molar-refractivity contribution >= 4 is 35.5 Å². The van der Waals surface area contributed by atoms with Gasteiger partial charge in [0.1, 0.15) is 18.1 Å². The molecular formula is C25H49N9O6. The van der Waals surface area contributed by atoms with Crippen molar-refractivity contribution in [2.75, 3.05) is 13.1 Å². The summed E-state index contributed by atoms with van der Waals surface area (Å²) in [7, 11) is 0. The Hall–Kier alpha value is -3.46. The van der Waals surface area contributed by atoms with E-state index >= 15 is 0 Å². The zero-order valence-electron chi connectivity index (χ0n) is 24.1. The number of carbonyl (C=O) groups excluding carboxylic acids is 5. The Labute approximate surface area is 236 Å². The predicted molar refractivity (Wildman–Crippen MR) is 150 cm³/mol. The van der Waals surface area contributed by atoms with Gasteiger partial charge in [-0.25, -0.2) is 5.48 Å². The van der Waals surface area contributed by atoms with Crippen LogP contribution in [0.1, 0.15) is 72.6 Å². The zero-order chi connectivity index (χ0) is 30.8. The van der Waals surface area contributed by atoms with E-state index in [1.54, 1.807) is 13.8 Å². The van der Waals surface area contributed by atoms with Gasteiger partial charge in [-0.3, -0.25) is 34.2 Å². The lowest BCUT2D eigenvalue weighted by Crippen LogP contribution is -2.58. The molecule has 0 spiro atoms. The van der Waals surface area contributed by atoms with Crippen LogP contribution in [0.4, 0.5) is 0 Å². The number of unbranched alkanes of at least 4 members (excludes halogenated alkanes) is 1. The Morgan fingerprint density at radius 1 is 0.800 bits per heavy atom. The molecule has 0 saturated carbocycles. The standard InChI is InChI=1S/C25H49N9O6/c1-14(2)12-16(13-19(35)34-40)22(37)33-20(15(3)4)24(39)32-18(9-7-11-30-25(28)29)23(38)31-17(21(27)36)8-5-6-10-26/h14-18,20,40H,5-13,26H2,1-4H3,(H2,27,36)(H,31,38)(H,32,39)(H,33,37)(H,34,35)(H4,28,29,30)/t16-,17+,18+,20+/m1/s1. The van der Waals surface area contributed by atoms with E-state index in [1.807, 2.05) is 13.8 Å². The summed E-state index contributed by atoms with van der Waals surface area (Å²) in [5, 5.41) is 16.8. The fourth-order valence-electron chi connectivity index (χ4n) is 4.01. The van der Waals surface area contributed by atoms with Crippen LogP contribution in [0.25, 0.3) is 0 Å². The first-order chi connectivity index (χ1) is 18.7. The molecule has 230 valence electrons. The first kappa shape index (κ1) is 36.5. The third-order valence-electron chi connectivity index (χ3n) is 6.12. The number of guanidine groups is 1. The summed E-state index contributed by atoms with van der Waals surface area (Å²) in [5.41, 5.74) is 23.2. The van der Waals surface area contributed by atoms with Crippen molar-refractivity contribution in [1.29, 1.82) is 0 Å². The molecule has 0 aromatic carbocycles. The molecule has 0 aromatic rings. The maximum atomic E-state index is 13.3. The maximum Gasteiger partial charge on any atom is 0.244 e. The van der Waals surface area contributed by atoms with Crippen LogP contribution in [0.5, 0.6) is 0 Å². The summed E-state index contributed by atoms with van der Waals surface area (Å²) in [6, 6.07) is -3.07. The second-order valence-corrected chi connectivity index (χ2v) is 10.6. The summed E-state index contributed by atoms with van der Waals surface area (Å²) in [4.78, 5) is 67.1.